The maximum atomic E-state index is 2.64. The summed E-state index contributed by atoms with van der Waals surface area (Å²) in [7, 11) is 0. The van der Waals surface area contributed by atoms with Crippen molar-refractivity contribution in [3.05, 3.63) is 376 Å². The quantitative estimate of drug-likeness (QED) is 0.0943. The van der Waals surface area contributed by atoms with Gasteiger partial charge in [-0.2, -0.15) is 0 Å². The number of rotatable bonds is 11. The molecule has 4 aliphatic rings. The number of nitrogens with zero attached hydrogens (tertiary/aromatic N) is 6. The Morgan fingerprint density at radius 2 is 0.490 bits per heavy atom. The summed E-state index contributed by atoms with van der Waals surface area (Å²) in [5, 5.41) is 4.66. The molecule has 0 aliphatic carbocycles. The maximum absolute atomic E-state index is 2.64. The van der Waals surface area contributed by atoms with E-state index in [2.05, 4.69) is 406 Å². The highest BCUT2D eigenvalue weighted by atomic mass is 15.2. The average molecular weight is 1270 g/mol. The van der Waals surface area contributed by atoms with Gasteiger partial charge in [0, 0.05) is 102 Å². The van der Waals surface area contributed by atoms with E-state index in [1.165, 1.54) is 49.1 Å². The fourth-order valence-corrected chi connectivity index (χ4v) is 16.9. The van der Waals surface area contributed by atoms with E-state index >= 15 is 0 Å². The Morgan fingerprint density at radius 1 is 0.200 bits per heavy atom. The number of para-hydroxylation sites is 10. The van der Waals surface area contributed by atoms with Crippen molar-refractivity contribution in [2.24, 2.45) is 0 Å². The van der Waals surface area contributed by atoms with Gasteiger partial charge in [0.2, 0.25) is 0 Å². The van der Waals surface area contributed by atoms with Crippen molar-refractivity contribution in [2.75, 3.05) is 29.4 Å². The predicted molar refractivity (Wildman–Crippen MR) is 424 cm³/mol. The summed E-state index contributed by atoms with van der Waals surface area (Å²) in [6, 6.07) is 139. The van der Waals surface area contributed by atoms with Crippen LogP contribution in [0.2, 0.25) is 0 Å². The lowest BCUT2D eigenvalue weighted by Gasteiger charge is -2.47. The SMILES string of the molecule is c1ccc(N(c2ccccc2)c2cc3c4c(c2)N(c2ccccc2)c2cc5c(cc2B4c2ccccc2N3c2ccccc2)B2c3ccccc3N(c3ccccc3)c3cc(-c4c6ccccc6c(N(c6ccccc6)c6ccccc6)c6ccccc46)cc(c32)N5c2ccccc2)cc1. The van der Waals surface area contributed by atoms with Gasteiger partial charge in [-0.05, 0) is 194 Å². The van der Waals surface area contributed by atoms with Gasteiger partial charge in [-0.1, -0.05) is 237 Å². The zero-order chi connectivity index (χ0) is 65.8. The summed E-state index contributed by atoms with van der Waals surface area (Å²) >= 11 is 0. The molecular formula is C92H62B2N6. The fourth-order valence-electron chi connectivity index (χ4n) is 16.9. The molecule has 0 aromatic heterocycles. The summed E-state index contributed by atoms with van der Waals surface area (Å²) in [5.74, 6) is 0. The Bertz CT molecular complexity index is 5700. The molecule has 16 aromatic carbocycles. The molecule has 16 aromatic rings. The molecule has 0 saturated heterocycles. The normalized spacial score (nSPS) is 12.9. The molecule has 0 N–H and O–H groups in total. The topological polar surface area (TPSA) is 19.4 Å². The highest BCUT2D eigenvalue weighted by Gasteiger charge is 2.49. The molecule has 466 valence electrons. The third-order valence-electron chi connectivity index (χ3n) is 20.8. The van der Waals surface area contributed by atoms with Gasteiger partial charge in [0.1, 0.15) is 0 Å². The van der Waals surface area contributed by atoms with Crippen LogP contribution in [0.3, 0.4) is 0 Å². The molecule has 6 nitrogen and oxygen atoms in total. The lowest BCUT2D eigenvalue weighted by atomic mass is 9.30. The van der Waals surface area contributed by atoms with Crippen LogP contribution in [-0.4, -0.2) is 13.4 Å². The third-order valence-corrected chi connectivity index (χ3v) is 20.8. The molecule has 0 radical (unpaired) electrons. The number of hydrogen-bond donors (Lipinski definition) is 0. The van der Waals surface area contributed by atoms with E-state index in [0.29, 0.717) is 0 Å². The molecule has 4 heterocycles. The second kappa shape index (κ2) is 23.4. The predicted octanol–water partition coefficient (Wildman–Crippen LogP) is 20.8. The third kappa shape index (κ3) is 8.93. The van der Waals surface area contributed by atoms with Crippen LogP contribution in [0.1, 0.15) is 0 Å². The van der Waals surface area contributed by atoms with Gasteiger partial charge in [-0.3, -0.25) is 0 Å². The minimum absolute atomic E-state index is 0.172. The Labute approximate surface area is 583 Å². The first kappa shape index (κ1) is 57.2. The van der Waals surface area contributed by atoms with E-state index in [9.17, 15) is 0 Å². The van der Waals surface area contributed by atoms with Crippen LogP contribution in [0.4, 0.5) is 102 Å². The molecular weight excluding hydrogens is 1210 g/mol. The standard InChI is InChI=1S/C92H62B2N6/c1-9-33-64(34-10-1)95(65-35-11-2-12-36-65)72-59-87-91-88(60-72)100(71-47-23-8-24-48-71)84-62-83-79(61-80(84)94(91)78-54-30-32-56-82(78)98(87)69-43-19-6-20-44-69)93-77-53-29-31-55-81(77)97(68-41-17-5-18-42-68)85-57-63(58-86(90(85)93)99(83)70-45-21-7-22-46-70)89-73-49-25-27-51-75(73)92(76-52-28-26-50-74(76)89)96(66-37-13-3-14-38-66)67-39-15-4-16-40-67/h1-62H. The van der Waals surface area contributed by atoms with Crippen LogP contribution >= 0.6 is 0 Å². The van der Waals surface area contributed by atoms with Crippen LogP contribution in [0.25, 0.3) is 32.7 Å². The van der Waals surface area contributed by atoms with Crippen LogP contribution in [0.5, 0.6) is 0 Å². The molecule has 0 fully saturated rings. The molecule has 100 heavy (non-hydrogen) atoms. The Balaban J connectivity index is 0.898. The minimum Gasteiger partial charge on any atom is -0.311 e. The molecule has 0 amide bonds. The molecule has 4 aliphatic heterocycles. The zero-order valence-electron chi connectivity index (χ0n) is 54.6. The summed E-state index contributed by atoms with van der Waals surface area (Å²) in [4.78, 5) is 15.1. The van der Waals surface area contributed by atoms with Crippen molar-refractivity contribution in [3.8, 4) is 11.1 Å². The van der Waals surface area contributed by atoms with Crippen molar-refractivity contribution in [1.82, 2.24) is 0 Å². The van der Waals surface area contributed by atoms with Crippen LogP contribution in [0, 0.1) is 0 Å². The van der Waals surface area contributed by atoms with Gasteiger partial charge in [0.25, 0.3) is 13.4 Å². The number of benzene rings is 16. The maximum Gasteiger partial charge on any atom is 0.252 e. The molecule has 0 bridgehead atoms. The van der Waals surface area contributed by atoms with Gasteiger partial charge in [-0.25, -0.2) is 0 Å². The molecule has 8 heteroatoms. The van der Waals surface area contributed by atoms with E-state index in [1.807, 2.05) is 0 Å². The highest BCUT2D eigenvalue weighted by molar-refractivity contribution is 7.03. The minimum atomic E-state index is -0.185. The van der Waals surface area contributed by atoms with Crippen molar-refractivity contribution in [2.45, 2.75) is 0 Å². The summed E-state index contributed by atoms with van der Waals surface area (Å²) in [5.41, 5.74) is 29.8. The molecule has 0 atom stereocenters. The van der Waals surface area contributed by atoms with Crippen molar-refractivity contribution >= 4 is 170 Å². The van der Waals surface area contributed by atoms with E-state index in [4.69, 9.17) is 0 Å². The van der Waals surface area contributed by atoms with Crippen LogP contribution in [-0.2, 0) is 0 Å². The molecule has 0 unspecified atom stereocenters. The molecule has 20 rings (SSSR count). The Hall–Kier alpha value is -13.0. The van der Waals surface area contributed by atoms with Gasteiger partial charge in [0.15, 0.2) is 0 Å². The number of hydrogen-bond acceptors (Lipinski definition) is 6. The van der Waals surface area contributed by atoms with Gasteiger partial charge in [-0.15, -0.1) is 0 Å². The largest absolute Gasteiger partial charge is 0.311 e. The zero-order valence-corrected chi connectivity index (χ0v) is 54.6. The lowest BCUT2D eigenvalue weighted by Crippen LogP contribution is -2.65. The lowest BCUT2D eigenvalue weighted by molar-refractivity contribution is 1.22. The van der Waals surface area contributed by atoms with E-state index < -0.39 is 0 Å². The van der Waals surface area contributed by atoms with Crippen molar-refractivity contribution < 1.29 is 0 Å². The first-order chi connectivity index (χ1) is 49.7. The Morgan fingerprint density at radius 3 is 0.860 bits per heavy atom. The van der Waals surface area contributed by atoms with Crippen LogP contribution in [0.15, 0.2) is 376 Å². The van der Waals surface area contributed by atoms with Gasteiger partial charge < -0.3 is 29.4 Å². The van der Waals surface area contributed by atoms with E-state index in [1.54, 1.807) is 0 Å². The smallest absolute Gasteiger partial charge is 0.252 e. The van der Waals surface area contributed by atoms with Gasteiger partial charge in [0.05, 0.1) is 11.4 Å². The first-order valence-electron chi connectivity index (χ1n) is 34.6. The van der Waals surface area contributed by atoms with E-state index in [-0.39, 0.29) is 13.4 Å². The first-order valence-corrected chi connectivity index (χ1v) is 34.6. The summed E-state index contributed by atoms with van der Waals surface area (Å²) < 4.78 is 0. The van der Waals surface area contributed by atoms with E-state index in [0.717, 1.165) is 119 Å². The highest BCUT2D eigenvalue weighted by Crippen LogP contribution is 2.54. The second-order valence-electron chi connectivity index (χ2n) is 26.3. The van der Waals surface area contributed by atoms with Crippen LogP contribution < -0.4 is 62.2 Å². The Kier molecular flexibility index (Phi) is 13.4. The molecule has 0 saturated carbocycles. The summed E-state index contributed by atoms with van der Waals surface area (Å²) in [6.45, 7) is -0.357. The van der Waals surface area contributed by atoms with Crippen molar-refractivity contribution in [3.63, 3.8) is 0 Å². The summed E-state index contributed by atoms with van der Waals surface area (Å²) in [6.07, 6.45) is 0. The van der Waals surface area contributed by atoms with Gasteiger partial charge >= 0.3 is 0 Å². The molecule has 0 spiro atoms. The number of fused-ring (bicyclic) bond motifs is 10. The fraction of sp³-hybridized carbons (Fsp3) is 0. The average Bonchev–Trinajstić information content (AvgIpc) is 0.684. The monoisotopic (exact) mass is 1270 g/mol. The second-order valence-corrected chi connectivity index (χ2v) is 26.3. The van der Waals surface area contributed by atoms with Crippen molar-refractivity contribution in [1.29, 1.82) is 0 Å². The number of anilines is 18.